The van der Waals surface area contributed by atoms with Crippen LogP contribution in [0.25, 0.3) is 33.5 Å². The van der Waals surface area contributed by atoms with E-state index in [1.165, 1.54) is 6.07 Å². The fraction of sp³-hybridized carbons (Fsp3) is 0.263. The molecule has 2 atom stereocenters. The van der Waals surface area contributed by atoms with Gasteiger partial charge in [-0.1, -0.05) is 0 Å². The quantitative estimate of drug-likeness (QED) is 0.573. The minimum Gasteiger partial charge on any atom is -0.481 e. The summed E-state index contributed by atoms with van der Waals surface area (Å²) in [5, 5.41) is 10.8. The summed E-state index contributed by atoms with van der Waals surface area (Å²) >= 11 is 0. The number of nitrogens with zero attached hydrogens (tertiary/aromatic N) is 4. The third kappa shape index (κ3) is 2.73. The van der Waals surface area contributed by atoms with Crippen LogP contribution in [0.2, 0.25) is 0 Å². The van der Waals surface area contributed by atoms with E-state index >= 15 is 0 Å². The van der Waals surface area contributed by atoms with Crippen molar-refractivity contribution in [2.24, 2.45) is 5.92 Å². The second kappa shape index (κ2) is 6.15. The molecule has 4 aromatic rings. The van der Waals surface area contributed by atoms with Crippen molar-refractivity contribution in [1.82, 2.24) is 24.5 Å². The molecular formula is C19H18FN5O2. The van der Waals surface area contributed by atoms with Gasteiger partial charge in [0.15, 0.2) is 5.82 Å². The third-order valence-electron chi connectivity index (χ3n) is 5.06. The number of aromatic nitrogens is 5. The van der Waals surface area contributed by atoms with E-state index in [1.54, 1.807) is 19.3 Å². The zero-order valence-electron chi connectivity index (χ0n) is 15.1. The molecule has 0 aliphatic carbocycles. The van der Waals surface area contributed by atoms with Gasteiger partial charge in [-0.05, 0) is 32.4 Å². The smallest absolute Gasteiger partial charge is 0.308 e. The highest BCUT2D eigenvalue weighted by atomic mass is 19.1. The number of carbonyl (C=O) groups is 1. The maximum Gasteiger partial charge on any atom is 0.308 e. The second-order valence-corrected chi connectivity index (χ2v) is 6.77. The van der Waals surface area contributed by atoms with Gasteiger partial charge in [-0.15, -0.1) is 0 Å². The SMILES string of the molecule is Cc1cn([C@H](C)[C@@H](C)C(=O)O)c2nc(-c3c[nH]c4ncc(F)cc34)ncc12. The number of hydrogen-bond donors (Lipinski definition) is 2. The topological polar surface area (TPSA) is 96.7 Å². The number of nitrogens with one attached hydrogen (secondary N) is 1. The number of H-pyrrole nitrogens is 1. The number of fused-ring (bicyclic) bond motifs is 2. The first-order chi connectivity index (χ1) is 12.9. The molecule has 4 rings (SSSR count). The van der Waals surface area contributed by atoms with E-state index in [1.807, 2.05) is 24.6 Å². The lowest BCUT2D eigenvalue weighted by atomic mass is 10.0. The van der Waals surface area contributed by atoms with E-state index in [-0.39, 0.29) is 6.04 Å². The standard InChI is InChI=1S/C19H18FN5O2/c1-9-8-25(11(3)10(2)19(26)27)18-14(9)6-23-17(24-18)15-7-22-16-13(15)4-12(20)5-21-16/h4-8,10-11H,1-3H3,(H,21,22)(H,26,27)/t10-,11-/m1/s1. The average Bonchev–Trinajstić information content (AvgIpc) is 3.21. The number of carboxylic acids is 1. The first kappa shape index (κ1) is 17.1. The highest BCUT2D eigenvalue weighted by Crippen LogP contribution is 2.30. The summed E-state index contributed by atoms with van der Waals surface area (Å²) in [6, 6.07) is 1.10. The van der Waals surface area contributed by atoms with Crippen LogP contribution in [-0.2, 0) is 4.79 Å². The van der Waals surface area contributed by atoms with Crippen molar-refractivity contribution in [3.8, 4) is 11.4 Å². The summed E-state index contributed by atoms with van der Waals surface area (Å²) in [5.74, 6) is -1.46. The van der Waals surface area contributed by atoms with E-state index in [0.29, 0.717) is 28.1 Å². The van der Waals surface area contributed by atoms with E-state index in [2.05, 4.69) is 19.9 Å². The molecule has 0 saturated carbocycles. The molecule has 0 saturated heterocycles. The number of aliphatic carboxylic acids is 1. The summed E-state index contributed by atoms with van der Waals surface area (Å²) in [4.78, 5) is 27.5. The molecule has 0 amide bonds. The summed E-state index contributed by atoms with van der Waals surface area (Å²) in [7, 11) is 0. The van der Waals surface area contributed by atoms with Crippen molar-refractivity contribution in [2.45, 2.75) is 26.8 Å². The molecule has 0 radical (unpaired) electrons. The fourth-order valence-electron chi connectivity index (χ4n) is 3.24. The first-order valence-electron chi connectivity index (χ1n) is 8.56. The van der Waals surface area contributed by atoms with Gasteiger partial charge < -0.3 is 14.7 Å². The molecular weight excluding hydrogens is 349 g/mol. The number of carboxylic acid groups (broad SMARTS) is 1. The van der Waals surface area contributed by atoms with Crippen LogP contribution >= 0.6 is 0 Å². The molecule has 0 aliphatic heterocycles. The van der Waals surface area contributed by atoms with Gasteiger partial charge in [0.1, 0.15) is 17.1 Å². The largest absolute Gasteiger partial charge is 0.481 e. The third-order valence-corrected chi connectivity index (χ3v) is 5.06. The Morgan fingerprint density at radius 1 is 1.26 bits per heavy atom. The number of rotatable bonds is 4. The predicted molar refractivity (Wildman–Crippen MR) is 98.8 cm³/mol. The second-order valence-electron chi connectivity index (χ2n) is 6.77. The number of aryl methyl sites for hydroxylation is 1. The maximum absolute atomic E-state index is 13.6. The number of hydrogen-bond acceptors (Lipinski definition) is 4. The Morgan fingerprint density at radius 2 is 2.04 bits per heavy atom. The molecule has 0 spiro atoms. The lowest BCUT2D eigenvalue weighted by Gasteiger charge is -2.18. The molecule has 4 heterocycles. The normalized spacial score (nSPS) is 13.9. The summed E-state index contributed by atoms with van der Waals surface area (Å²) in [6.07, 6.45) is 6.45. The summed E-state index contributed by atoms with van der Waals surface area (Å²) < 4.78 is 15.5. The highest BCUT2D eigenvalue weighted by molar-refractivity contribution is 5.92. The van der Waals surface area contributed by atoms with Gasteiger partial charge in [-0.25, -0.2) is 19.3 Å². The van der Waals surface area contributed by atoms with Crippen LogP contribution in [-0.4, -0.2) is 35.6 Å². The Balaban J connectivity index is 1.90. The summed E-state index contributed by atoms with van der Waals surface area (Å²) in [5.41, 5.74) is 2.81. The Morgan fingerprint density at radius 3 is 2.78 bits per heavy atom. The Bertz CT molecular complexity index is 1180. The molecule has 4 aromatic heterocycles. The van der Waals surface area contributed by atoms with Crippen molar-refractivity contribution in [3.63, 3.8) is 0 Å². The number of aromatic amines is 1. The minimum atomic E-state index is -0.866. The molecule has 138 valence electrons. The minimum absolute atomic E-state index is 0.288. The van der Waals surface area contributed by atoms with E-state index < -0.39 is 17.7 Å². The molecule has 0 fully saturated rings. The van der Waals surface area contributed by atoms with E-state index in [4.69, 9.17) is 0 Å². The molecule has 0 aliphatic rings. The lowest BCUT2D eigenvalue weighted by Crippen LogP contribution is -2.21. The van der Waals surface area contributed by atoms with Crippen LogP contribution in [0, 0.1) is 18.7 Å². The Hall–Kier alpha value is -3.29. The van der Waals surface area contributed by atoms with Crippen LogP contribution in [0.1, 0.15) is 25.5 Å². The zero-order valence-corrected chi connectivity index (χ0v) is 15.1. The van der Waals surface area contributed by atoms with E-state index in [0.717, 1.165) is 17.1 Å². The van der Waals surface area contributed by atoms with Gasteiger partial charge in [0, 0.05) is 41.0 Å². The monoisotopic (exact) mass is 367 g/mol. The maximum atomic E-state index is 13.6. The number of halogens is 1. The molecule has 27 heavy (non-hydrogen) atoms. The van der Waals surface area contributed by atoms with Gasteiger partial charge in [-0.3, -0.25) is 4.79 Å². The van der Waals surface area contributed by atoms with Gasteiger partial charge in [0.2, 0.25) is 0 Å². The van der Waals surface area contributed by atoms with Crippen LogP contribution in [0.3, 0.4) is 0 Å². The van der Waals surface area contributed by atoms with Crippen molar-refractivity contribution in [1.29, 1.82) is 0 Å². The Kier molecular flexibility index (Phi) is 3.91. The molecule has 7 nitrogen and oxygen atoms in total. The lowest BCUT2D eigenvalue weighted by molar-refractivity contribution is -0.142. The van der Waals surface area contributed by atoms with Crippen LogP contribution in [0.5, 0.6) is 0 Å². The van der Waals surface area contributed by atoms with Crippen LogP contribution in [0.15, 0.2) is 30.9 Å². The van der Waals surface area contributed by atoms with Crippen LogP contribution in [0.4, 0.5) is 4.39 Å². The fourth-order valence-corrected chi connectivity index (χ4v) is 3.24. The molecule has 2 N–H and O–H groups in total. The van der Waals surface area contributed by atoms with Gasteiger partial charge in [0.25, 0.3) is 0 Å². The van der Waals surface area contributed by atoms with Crippen LogP contribution < -0.4 is 0 Å². The average molecular weight is 367 g/mol. The summed E-state index contributed by atoms with van der Waals surface area (Å²) in [6.45, 7) is 5.46. The van der Waals surface area contributed by atoms with Crippen molar-refractivity contribution >= 4 is 28.0 Å². The molecule has 0 aromatic carbocycles. The molecule has 0 bridgehead atoms. The predicted octanol–water partition coefficient (Wildman–Crippen LogP) is 3.70. The van der Waals surface area contributed by atoms with Crippen molar-refractivity contribution in [2.75, 3.05) is 0 Å². The van der Waals surface area contributed by atoms with Gasteiger partial charge in [-0.2, -0.15) is 0 Å². The van der Waals surface area contributed by atoms with Crippen molar-refractivity contribution < 1.29 is 14.3 Å². The van der Waals surface area contributed by atoms with Crippen molar-refractivity contribution in [3.05, 3.63) is 42.2 Å². The number of pyridine rings is 1. The molecule has 0 unspecified atom stereocenters. The van der Waals surface area contributed by atoms with E-state index in [9.17, 15) is 14.3 Å². The Labute approximate surface area is 153 Å². The van der Waals surface area contributed by atoms with Gasteiger partial charge in [0.05, 0.1) is 12.1 Å². The zero-order chi connectivity index (χ0) is 19.3. The van der Waals surface area contributed by atoms with Gasteiger partial charge >= 0.3 is 5.97 Å². The molecule has 8 heteroatoms. The highest BCUT2D eigenvalue weighted by Gasteiger charge is 2.24. The first-order valence-corrected chi connectivity index (χ1v) is 8.56.